The van der Waals surface area contributed by atoms with Crippen molar-refractivity contribution in [3.8, 4) is 17.2 Å². The van der Waals surface area contributed by atoms with E-state index in [0.717, 1.165) is 49.4 Å². The maximum atomic E-state index is 13.0. The third kappa shape index (κ3) is 14.6. The molecule has 6 nitrogen and oxygen atoms in total. The van der Waals surface area contributed by atoms with Gasteiger partial charge in [0, 0.05) is 13.1 Å². The molecule has 2 aromatic rings. The number of carbonyl (C=O) groups is 2. The van der Waals surface area contributed by atoms with Crippen molar-refractivity contribution >= 4 is 11.9 Å². The lowest BCUT2D eigenvalue weighted by Gasteiger charge is -2.31. The van der Waals surface area contributed by atoms with Crippen molar-refractivity contribution in [2.45, 2.75) is 142 Å². The summed E-state index contributed by atoms with van der Waals surface area (Å²) in [5.74, 6) is 1.90. The van der Waals surface area contributed by atoms with E-state index in [9.17, 15) is 9.59 Å². The number of esters is 1. The lowest BCUT2D eigenvalue weighted by atomic mass is 9.96. The highest BCUT2D eigenvalue weighted by Crippen LogP contribution is 2.25. The second-order valence-electron chi connectivity index (χ2n) is 13.1. The molecule has 1 unspecified atom stereocenters. The summed E-state index contributed by atoms with van der Waals surface area (Å²) in [6, 6.07) is 15.3. The molecule has 1 amide bonds. The van der Waals surface area contributed by atoms with Crippen LogP contribution in [0.1, 0.15) is 135 Å². The van der Waals surface area contributed by atoms with Crippen LogP contribution < -0.4 is 14.2 Å². The highest BCUT2D eigenvalue weighted by molar-refractivity contribution is 5.80. The minimum atomic E-state index is -0.219. The van der Waals surface area contributed by atoms with E-state index < -0.39 is 0 Å². The number of hydrogen-bond acceptors (Lipinski definition) is 5. The Morgan fingerprint density at radius 1 is 0.674 bits per heavy atom. The Labute approximate surface area is 279 Å². The molecule has 6 heteroatoms. The third-order valence-electron chi connectivity index (χ3n) is 9.06. The van der Waals surface area contributed by atoms with Crippen LogP contribution in [0.5, 0.6) is 17.2 Å². The molecule has 1 fully saturated rings. The number of amides is 1. The van der Waals surface area contributed by atoms with Gasteiger partial charge in [0.15, 0.2) is 0 Å². The zero-order valence-corrected chi connectivity index (χ0v) is 29.1. The highest BCUT2D eigenvalue weighted by atomic mass is 16.5. The summed E-state index contributed by atoms with van der Waals surface area (Å²) < 4.78 is 17.9. The van der Waals surface area contributed by atoms with Gasteiger partial charge in [-0.25, -0.2) is 0 Å². The first-order chi connectivity index (χ1) is 22.5. The molecular weight excluding hydrogens is 574 g/mol. The number of hydrogen-bond donors (Lipinski definition) is 0. The van der Waals surface area contributed by atoms with Crippen molar-refractivity contribution in [3.63, 3.8) is 0 Å². The summed E-state index contributed by atoms with van der Waals surface area (Å²) in [7, 11) is 0. The van der Waals surface area contributed by atoms with E-state index in [-0.39, 0.29) is 23.9 Å². The van der Waals surface area contributed by atoms with Crippen LogP contribution in [0.15, 0.2) is 48.5 Å². The van der Waals surface area contributed by atoms with Gasteiger partial charge in [-0.1, -0.05) is 104 Å². The zero-order chi connectivity index (χ0) is 32.8. The molecule has 0 N–H and O–H groups in total. The fourth-order valence-corrected chi connectivity index (χ4v) is 6.14. The first kappa shape index (κ1) is 37.4. The van der Waals surface area contributed by atoms with Crippen LogP contribution in [0.3, 0.4) is 0 Å². The molecule has 0 aromatic heterocycles. The number of piperidine rings is 1. The van der Waals surface area contributed by atoms with Gasteiger partial charge in [0.2, 0.25) is 5.91 Å². The SMILES string of the molecule is CCCCCCCCCCOc1ccc(CC(=O)N2CCC(C(=O)Oc3ccc(OC(CCC)CCCCCC)cc3)CC2)cc1. The quantitative estimate of drug-likeness (QED) is 0.0691. The van der Waals surface area contributed by atoms with Crippen LogP contribution in [0, 0.1) is 5.92 Å². The molecule has 1 heterocycles. The van der Waals surface area contributed by atoms with Crippen LogP contribution in [0.2, 0.25) is 0 Å². The lowest BCUT2D eigenvalue weighted by molar-refractivity contribution is -0.143. The van der Waals surface area contributed by atoms with Crippen molar-refractivity contribution in [2.24, 2.45) is 5.92 Å². The lowest BCUT2D eigenvalue weighted by Crippen LogP contribution is -2.41. The number of carbonyl (C=O) groups excluding carboxylic acids is 2. The molecule has 1 aliphatic heterocycles. The van der Waals surface area contributed by atoms with Gasteiger partial charge < -0.3 is 19.1 Å². The number of ether oxygens (including phenoxy) is 3. The molecule has 1 atom stereocenters. The molecule has 1 aliphatic rings. The van der Waals surface area contributed by atoms with Crippen LogP contribution in [-0.4, -0.2) is 42.6 Å². The summed E-state index contributed by atoms with van der Waals surface area (Å²) in [6.07, 6.45) is 20.3. The standard InChI is InChI=1S/C40H61NO5/c1-4-7-9-11-12-13-14-16-31-44-35-21-19-33(20-22-35)32-39(42)41-29-27-34(28-30-41)40(43)46-38-25-23-37(24-26-38)45-36(17-6-3)18-15-10-8-5-2/h19-26,34,36H,4-18,27-32H2,1-3H3. The Morgan fingerprint density at radius 3 is 1.87 bits per heavy atom. The molecule has 3 rings (SSSR count). The van der Waals surface area contributed by atoms with Crippen LogP contribution in [-0.2, 0) is 16.0 Å². The van der Waals surface area contributed by atoms with Crippen LogP contribution in [0.4, 0.5) is 0 Å². The van der Waals surface area contributed by atoms with E-state index in [1.54, 1.807) is 0 Å². The third-order valence-corrected chi connectivity index (χ3v) is 9.06. The van der Waals surface area contributed by atoms with E-state index in [4.69, 9.17) is 14.2 Å². The van der Waals surface area contributed by atoms with Crippen LogP contribution >= 0.6 is 0 Å². The molecule has 0 radical (unpaired) electrons. The van der Waals surface area contributed by atoms with Crippen molar-refractivity contribution in [1.29, 1.82) is 0 Å². The summed E-state index contributed by atoms with van der Waals surface area (Å²) in [4.78, 5) is 27.7. The Bertz CT molecular complexity index is 1090. The first-order valence-electron chi connectivity index (χ1n) is 18.5. The molecule has 256 valence electrons. The molecule has 0 bridgehead atoms. The second kappa shape index (κ2) is 22.5. The monoisotopic (exact) mass is 635 g/mol. The highest BCUT2D eigenvalue weighted by Gasteiger charge is 2.28. The van der Waals surface area contributed by atoms with Crippen LogP contribution in [0.25, 0.3) is 0 Å². The fraction of sp³-hybridized carbons (Fsp3) is 0.650. The van der Waals surface area contributed by atoms with Crippen molar-refractivity contribution in [1.82, 2.24) is 4.90 Å². The minimum absolute atomic E-state index is 0.0988. The van der Waals surface area contributed by atoms with Crippen molar-refractivity contribution in [3.05, 3.63) is 54.1 Å². The normalized spacial score (nSPS) is 14.2. The summed E-state index contributed by atoms with van der Waals surface area (Å²) in [5.41, 5.74) is 0.982. The van der Waals surface area contributed by atoms with Gasteiger partial charge in [-0.15, -0.1) is 0 Å². The topological polar surface area (TPSA) is 65.1 Å². The van der Waals surface area contributed by atoms with E-state index >= 15 is 0 Å². The van der Waals surface area contributed by atoms with E-state index in [1.165, 1.54) is 70.6 Å². The Morgan fingerprint density at radius 2 is 1.24 bits per heavy atom. The number of likely N-dealkylation sites (tertiary alicyclic amines) is 1. The van der Waals surface area contributed by atoms with E-state index in [2.05, 4.69) is 20.8 Å². The number of benzene rings is 2. The fourth-order valence-electron chi connectivity index (χ4n) is 6.14. The van der Waals surface area contributed by atoms with E-state index in [1.807, 2.05) is 53.4 Å². The van der Waals surface area contributed by atoms with Gasteiger partial charge in [0.05, 0.1) is 25.0 Å². The van der Waals surface area contributed by atoms with Gasteiger partial charge in [0.25, 0.3) is 0 Å². The zero-order valence-electron chi connectivity index (χ0n) is 29.1. The molecule has 0 spiro atoms. The summed E-state index contributed by atoms with van der Waals surface area (Å²) in [6.45, 7) is 8.56. The van der Waals surface area contributed by atoms with Crippen molar-refractivity contribution < 1.29 is 23.8 Å². The Hall–Kier alpha value is -3.02. The smallest absolute Gasteiger partial charge is 0.314 e. The maximum Gasteiger partial charge on any atom is 0.314 e. The summed E-state index contributed by atoms with van der Waals surface area (Å²) >= 11 is 0. The second-order valence-corrected chi connectivity index (χ2v) is 13.1. The van der Waals surface area contributed by atoms with Crippen molar-refractivity contribution in [2.75, 3.05) is 19.7 Å². The average molecular weight is 636 g/mol. The number of unbranched alkanes of at least 4 members (excludes halogenated alkanes) is 10. The average Bonchev–Trinajstić information content (AvgIpc) is 3.07. The van der Waals surface area contributed by atoms with Gasteiger partial charge in [-0.3, -0.25) is 9.59 Å². The van der Waals surface area contributed by atoms with Gasteiger partial charge in [-0.2, -0.15) is 0 Å². The molecule has 1 saturated heterocycles. The Balaban J connectivity index is 1.32. The predicted molar refractivity (Wildman–Crippen MR) is 188 cm³/mol. The Kier molecular flexibility index (Phi) is 18.3. The van der Waals surface area contributed by atoms with E-state index in [0.29, 0.717) is 38.1 Å². The van der Waals surface area contributed by atoms with Gasteiger partial charge in [-0.05, 0) is 80.5 Å². The summed E-state index contributed by atoms with van der Waals surface area (Å²) in [5, 5.41) is 0. The first-order valence-corrected chi connectivity index (χ1v) is 18.5. The molecule has 0 aliphatic carbocycles. The largest absolute Gasteiger partial charge is 0.494 e. The molecule has 46 heavy (non-hydrogen) atoms. The molecule has 0 saturated carbocycles. The molecule has 2 aromatic carbocycles. The molecular formula is C40H61NO5. The maximum absolute atomic E-state index is 13.0. The van der Waals surface area contributed by atoms with Gasteiger partial charge in [0.1, 0.15) is 17.2 Å². The number of rotatable bonds is 23. The minimum Gasteiger partial charge on any atom is -0.494 e. The predicted octanol–water partition coefficient (Wildman–Crippen LogP) is 10.1. The van der Waals surface area contributed by atoms with Gasteiger partial charge >= 0.3 is 5.97 Å². The number of nitrogens with zero attached hydrogens (tertiary/aromatic N) is 1.